The third-order valence-corrected chi connectivity index (χ3v) is 4.59. The molecule has 1 aliphatic heterocycles. The fraction of sp³-hybridized carbons (Fsp3) is 0.364. The SMILES string of the molecule is CC.CCNCCNC(=O)c1c(C)[nH]c(/C=C2\C(=O)Nc3ccc(F)cc32)c1C. The Hall–Kier alpha value is -2.93. The number of halogens is 1. The molecule has 29 heavy (non-hydrogen) atoms. The Morgan fingerprint density at radius 3 is 2.62 bits per heavy atom. The van der Waals surface area contributed by atoms with Crippen LogP contribution in [0.4, 0.5) is 10.1 Å². The number of aryl methyl sites for hydroxylation is 1. The van der Waals surface area contributed by atoms with Gasteiger partial charge in [0, 0.05) is 35.7 Å². The van der Waals surface area contributed by atoms with Crippen molar-refractivity contribution in [2.45, 2.75) is 34.6 Å². The number of amides is 2. The third kappa shape index (κ3) is 4.92. The minimum absolute atomic E-state index is 0.161. The number of hydrogen-bond donors (Lipinski definition) is 4. The van der Waals surface area contributed by atoms with Gasteiger partial charge in [0.1, 0.15) is 5.82 Å². The van der Waals surface area contributed by atoms with Crippen molar-refractivity contribution in [1.82, 2.24) is 15.6 Å². The number of rotatable bonds is 6. The predicted octanol–water partition coefficient (Wildman–Crippen LogP) is 3.63. The number of carbonyl (C=O) groups excluding carboxylic acids is 2. The molecule has 4 N–H and O–H groups in total. The quantitative estimate of drug-likeness (QED) is 0.441. The Bertz CT molecular complexity index is 931. The molecule has 0 spiro atoms. The lowest BCUT2D eigenvalue weighted by atomic mass is 10.0. The molecule has 0 radical (unpaired) electrons. The largest absolute Gasteiger partial charge is 0.358 e. The van der Waals surface area contributed by atoms with Crippen LogP contribution in [0.1, 0.15) is 53.6 Å². The van der Waals surface area contributed by atoms with Crippen LogP contribution in [0.3, 0.4) is 0 Å². The van der Waals surface area contributed by atoms with E-state index in [-0.39, 0.29) is 11.8 Å². The van der Waals surface area contributed by atoms with Gasteiger partial charge in [0.2, 0.25) is 0 Å². The number of H-pyrrole nitrogens is 1. The van der Waals surface area contributed by atoms with E-state index >= 15 is 0 Å². The van der Waals surface area contributed by atoms with E-state index in [1.54, 1.807) is 12.1 Å². The van der Waals surface area contributed by atoms with Crippen LogP contribution in [-0.4, -0.2) is 36.4 Å². The van der Waals surface area contributed by atoms with Gasteiger partial charge in [0.05, 0.1) is 11.1 Å². The van der Waals surface area contributed by atoms with Crippen LogP contribution in [0.2, 0.25) is 0 Å². The molecule has 2 amide bonds. The molecule has 1 aliphatic rings. The van der Waals surface area contributed by atoms with Crippen molar-refractivity contribution < 1.29 is 14.0 Å². The first-order valence-electron chi connectivity index (χ1n) is 9.93. The molecule has 7 heteroatoms. The standard InChI is InChI=1S/C20H23FN4O2.C2H6/c1-4-22-7-8-23-20(27)18-11(2)17(24-12(18)3)10-15-14-9-13(21)5-6-16(14)25-19(15)26;1-2/h5-6,9-10,22,24H,4,7-8H2,1-3H3,(H,23,27)(H,25,26);1-2H3/b15-10-;. The second-order valence-corrected chi connectivity index (χ2v) is 6.48. The number of likely N-dealkylation sites (N-methyl/N-ethyl adjacent to an activating group) is 1. The smallest absolute Gasteiger partial charge is 0.256 e. The number of aromatic amines is 1. The summed E-state index contributed by atoms with van der Waals surface area (Å²) >= 11 is 0. The molecule has 0 saturated heterocycles. The van der Waals surface area contributed by atoms with Gasteiger partial charge in [-0.25, -0.2) is 4.39 Å². The summed E-state index contributed by atoms with van der Waals surface area (Å²) in [5, 5.41) is 8.76. The van der Waals surface area contributed by atoms with Crippen LogP contribution in [0.25, 0.3) is 11.6 Å². The van der Waals surface area contributed by atoms with E-state index in [2.05, 4.69) is 20.9 Å². The molecule has 0 bridgehead atoms. The number of anilines is 1. The molecule has 0 fully saturated rings. The summed E-state index contributed by atoms with van der Waals surface area (Å²) in [6.07, 6.45) is 1.67. The molecule has 156 valence electrons. The maximum absolute atomic E-state index is 13.6. The van der Waals surface area contributed by atoms with E-state index in [9.17, 15) is 14.0 Å². The highest BCUT2D eigenvalue weighted by Gasteiger charge is 2.26. The maximum Gasteiger partial charge on any atom is 0.256 e. The van der Waals surface area contributed by atoms with E-state index < -0.39 is 5.82 Å². The van der Waals surface area contributed by atoms with Gasteiger partial charge >= 0.3 is 0 Å². The minimum atomic E-state index is -0.406. The number of benzene rings is 1. The summed E-state index contributed by atoms with van der Waals surface area (Å²) in [6, 6.07) is 4.18. The fourth-order valence-electron chi connectivity index (χ4n) is 3.24. The summed E-state index contributed by atoms with van der Waals surface area (Å²) in [6.45, 7) is 11.7. The van der Waals surface area contributed by atoms with Gasteiger partial charge in [-0.05, 0) is 50.2 Å². The molecular weight excluding hydrogens is 371 g/mol. The van der Waals surface area contributed by atoms with Crippen molar-refractivity contribution in [3.8, 4) is 0 Å². The monoisotopic (exact) mass is 400 g/mol. The van der Waals surface area contributed by atoms with Crippen LogP contribution in [0, 0.1) is 19.7 Å². The molecule has 2 heterocycles. The lowest BCUT2D eigenvalue weighted by Crippen LogP contribution is -2.32. The molecule has 0 atom stereocenters. The minimum Gasteiger partial charge on any atom is -0.358 e. The Morgan fingerprint density at radius 1 is 1.21 bits per heavy atom. The number of carbonyl (C=O) groups is 2. The second-order valence-electron chi connectivity index (χ2n) is 6.48. The molecule has 6 nitrogen and oxygen atoms in total. The summed E-state index contributed by atoms with van der Waals surface area (Å²) in [5.74, 6) is -0.860. The summed E-state index contributed by atoms with van der Waals surface area (Å²) in [7, 11) is 0. The molecule has 3 rings (SSSR count). The van der Waals surface area contributed by atoms with Gasteiger partial charge in [-0.1, -0.05) is 20.8 Å². The number of nitrogens with one attached hydrogen (secondary N) is 4. The Labute approximate surface area is 171 Å². The highest BCUT2D eigenvalue weighted by atomic mass is 19.1. The van der Waals surface area contributed by atoms with E-state index in [0.29, 0.717) is 41.2 Å². The van der Waals surface area contributed by atoms with Crippen LogP contribution >= 0.6 is 0 Å². The molecule has 2 aromatic rings. The van der Waals surface area contributed by atoms with Gasteiger partial charge in [-0.3, -0.25) is 9.59 Å². The zero-order valence-corrected chi connectivity index (χ0v) is 17.6. The number of fused-ring (bicyclic) bond motifs is 1. The van der Waals surface area contributed by atoms with Crippen molar-refractivity contribution in [1.29, 1.82) is 0 Å². The van der Waals surface area contributed by atoms with Gasteiger partial charge in [-0.15, -0.1) is 0 Å². The van der Waals surface area contributed by atoms with E-state index in [1.165, 1.54) is 12.1 Å². The Morgan fingerprint density at radius 2 is 1.93 bits per heavy atom. The molecule has 0 saturated carbocycles. The summed E-state index contributed by atoms with van der Waals surface area (Å²) in [5.41, 5.74) is 4.16. The van der Waals surface area contributed by atoms with E-state index in [0.717, 1.165) is 17.8 Å². The van der Waals surface area contributed by atoms with Crippen molar-refractivity contribution in [2.75, 3.05) is 25.0 Å². The average Bonchev–Trinajstić information content (AvgIpc) is 3.16. The Kier molecular flexibility index (Phi) is 7.73. The lowest BCUT2D eigenvalue weighted by molar-refractivity contribution is -0.110. The second kappa shape index (κ2) is 10.0. The molecular formula is C22H29FN4O2. The first-order chi connectivity index (χ1) is 13.9. The van der Waals surface area contributed by atoms with Gasteiger partial charge < -0.3 is 20.9 Å². The summed E-state index contributed by atoms with van der Waals surface area (Å²) in [4.78, 5) is 27.9. The zero-order chi connectivity index (χ0) is 21.6. The van der Waals surface area contributed by atoms with Crippen molar-refractivity contribution in [2.24, 2.45) is 0 Å². The zero-order valence-electron chi connectivity index (χ0n) is 17.6. The fourth-order valence-corrected chi connectivity index (χ4v) is 3.24. The maximum atomic E-state index is 13.6. The predicted molar refractivity (Wildman–Crippen MR) is 115 cm³/mol. The normalized spacial score (nSPS) is 13.6. The summed E-state index contributed by atoms with van der Waals surface area (Å²) < 4.78 is 13.6. The highest BCUT2D eigenvalue weighted by Crippen LogP contribution is 2.34. The van der Waals surface area contributed by atoms with E-state index in [4.69, 9.17) is 0 Å². The molecule has 0 aliphatic carbocycles. The van der Waals surface area contributed by atoms with Crippen LogP contribution < -0.4 is 16.0 Å². The van der Waals surface area contributed by atoms with Gasteiger partial charge in [0.15, 0.2) is 0 Å². The Balaban J connectivity index is 0.00000145. The third-order valence-electron chi connectivity index (χ3n) is 4.59. The van der Waals surface area contributed by atoms with Crippen molar-refractivity contribution >= 4 is 29.2 Å². The first-order valence-corrected chi connectivity index (χ1v) is 9.93. The van der Waals surface area contributed by atoms with Crippen molar-refractivity contribution in [3.05, 3.63) is 52.1 Å². The highest BCUT2D eigenvalue weighted by molar-refractivity contribution is 6.34. The molecule has 1 aromatic carbocycles. The molecule has 0 unspecified atom stereocenters. The first kappa shape index (κ1) is 22.4. The molecule has 1 aromatic heterocycles. The van der Waals surface area contributed by atoms with Crippen LogP contribution in [-0.2, 0) is 4.79 Å². The van der Waals surface area contributed by atoms with Crippen LogP contribution in [0.5, 0.6) is 0 Å². The topological polar surface area (TPSA) is 86.0 Å². The lowest BCUT2D eigenvalue weighted by Gasteiger charge is -2.06. The van der Waals surface area contributed by atoms with Gasteiger partial charge in [0.25, 0.3) is 11.8 Å². The number of hydrogen-bond acceptors (Lipinski definition) is 3. The van der Waals surface area contributed by atoms with Crippen LogP contribution in [0.15, 0.2) is 18.2 Å². The number of aromatic nitrogens is 1. The van der Waals surface area contributed by atoms with Crippen molar-refractivity contribution in [3.63, 3.8) is 0 Å². The average molecular weight is 400 g/mol. The van der Waals surface area contributed by atoms with Gasteiger partial charge in [-0.2, -0.15) is 0 Å². The van der Waals surface area contributed by atoms with E-state index in [1.807, 2.05) is 34.6 Å².